The highest BCUT2D eigenvalue weighted by molar-refractivity contribution is 5.92. The molecular formula is C28H27N9O2. The minimum Gasteiger partial charge on any atom is -0.489 e. The number of hydrogen-bond donors (Lipinski definition) is 0. The molecule has 0 radical (unpaired) electrons. The molecule has 0 unspecified atom stereocenters. The summed E-state index contributed by atoms with van der Waals surface area (Å²) in [6.07, 6.45) is 6.98. The minimum absolute atomic E-state index is 0.109. The Kier molecular flexibility index (Phi) is 5.43. The van der Waals surface area contributed by atoms with E-state index < -0.39 is 0 Å². The van der Waals surface area contributed by atoms with Crippen LogP contribution >= 0.6 is 0 Å². The van der Waals surface area contributed by atoms with Crippen molar-refractivity contribution in [3.05, 3.63) is 65.2 Å². The highest BCUT2D eigenvalue weighted by atomic mass is 16.5. The zero-order valence-electron chi connectivity index (χ0n) is 22.5. The molecule has 4 heterocycles. The molecule has 0 amide bonds. The molecule has 0 fully saturated rings. The molecule has 0 bridgehead atoms. The van der Waals surface area contributed by atoms with Crippen LogP contribution in [0.4, 0.5) is 0 Å². The van der Waals surface area contributed by atoms with Gasteiger partial charge in [-0.05, 0) is 32.0 Å². The topological polar surface area (TPSA) is 113 Å². The van der Waals surface area contributed by atoms with Crippen molar-refractivity contribution in [2.45, 2.75) is 20.0 Å². The van der Waals surface area contributed by atoms with Gasteiger partial charge in [-0.25, -0.2) is 14.8 Å². The first-order valence-corrected chi connectivity index (χ1v) is 12.5. The van der Waals surface area contributed by atoms with Gasteiger partial charge in [-0.15, -0.1) is 0 Å². The number of imidazole rings is 3. The molecule has 39 heavy (non-hydrogen) atoms. The highest BCUT2D eigenvalue weighted by Gasteiger charge is 2.23. The van der Waals surface area contributed by atoms with Crippen LogP contribution in [0, 0.1) is 11.3 Å². The Morgan fingerprint density at radius 1 is 1.00 bits per heavy atom. The Hall–Kier alpha value is -5.11. The Balaban J connectivity index is 1.72. The van der Waals surface area contributed by atoms with E-state index in [1.807, 2.05) is 67.5 Å². The zero-order valence-corrected chi connectivity index (χ0v) is 22.5. The average Bonchev–Trinajstić information content (AvgIpc) is 3.66. The second-order valence-corrected chi connectivity index (χ2v) is 9.94. The van der Waals surface area contributed by atoms with Crippen LogP contribution in [-0.4, -0.2) is 44.1 Å². The predicted octanol–water partition coefficient (Wildman–Crippen LogP) is 3.68. The van der Waals surface area contributed by atoms with Crippen LogP contribution in [0.5, 0.6) is 5.75 Å². The molecule has 6 aromatic rings. The Bertz CT molecular complexity index is 2010. The first-order chi connectivity index (χ1) is 18.7. The summed E-state index contributed by atoms with van der Waals surface area (Å²) in [4.78, 5) is 22.2. The van der Waals surface area contributed by atoms with E-state index >= 15 is 0 Å². The number of aromatic nitrogens is 8. The third-order valence-corrected chi connectivity index (χ3v) is 6.91. The number of fused-ring (bicyclic) bond motifs is 2. The molecule has 196 valence electrons. The van der Waals surface area contributed by atoms with Crippen molar-refractivity contribution < 1.29 is 4.74 Å². The predicted molar refractivity (Wildman–Crippen MR) is 148 cm³/mol. The number of nitrogens with zero attached hydrogens (tertiary/aromatic N) is 9. The maximum Gasteiger partial charge on any atom is 0.328 e. The number of nitriles is 1. The van der Waals surface area contributed by atoms with Crippen molar-refractivity contribution in [2.75, 3.05) is 0 Å². The molecule has 11 heteroatoms. The highest BCUT2D eigenvalue weighted by Crippen LogP contribution is 2.36. The fourth-order valence-electron chi connectivity index (χ4n) is 5.09. The van der Waals surface area contributed by atoms with E-state index in [0.717, 1.165) is 33.5 Å². The van der Waals surface area contributed by atoms with Crippen LogP contribution in [0.2, 0.25) is 0 Å². The molecule has 6 rings (SSSR count). The van der Waals surface area contributed by atoms with Crippen LogP contribution in [0.3, 0.4) is 0 Å². The van der Waals surface area contributed by atoms with Crippen LogP contribution in [0.25, 0.3) is 50.4 Å². The van der Waals surface area contributed by atoms with Crippen LogP contribution < -0.4 is 10.4 Å². The lowest BCUT2D eigenvalue weighted by Gasteiger charge is -2.16. The van der Waals surface area contributed by atoms with Gasteiger partial charge >= 0.3 is 5.69 Å². The molecule has 0 N–H and O–H groups in total. The summed E-state index contributed by atoms with van der Waals surface area (Å²) < 4.78 is 15.0. The van der Waals surface area contributed by atoms with Crippen molar-refractivity contribution in [3.63, 3.8) is 0 Å². The number of aryl methyl sites for hydroxylation is 4. The van der Waals surface area contributed by atoms with E-state index in [9.17, 15) is 10.1 Å². The minimum atomic E-state index is -0.147. The summed E-state index contributed by atoms with van der Waals surface area (Å²) in [6.45, 7) is 3.90. The van der Waals surface area contributed by atoms with E-state index in [0.29, 0.717) is 28.2 Å². The van der Waals surface area contributed by atoms with Gasteiger partial charge in [-0.3, -0.25) is 18.4 Å². The van der Waals surface area contributed by atoms with E-state index in [-0.39, 0.29) is 11.8 Å². The SMILES string of the molecule is CC(C)Oc1cc(-n2c(-c3cncn3C)nc3cc(-c4cnn(C)c4)c(C#N)cc32)cc2c1n(C)c(=O)n2C. The Labute approximate surface area is 223 Å². The smallest absolute Gasteiger partial charge is 0.328 e. The van der Waals surface area contributed by atoms with E-state index in [4.69, 9.17) is 9.72 Å². The van der Waals surface area contributed by atoms with Gasteiger partial charge in [0.25, 0.3) is 0 Å². The molecule has 0 aliphatic rings. The van der Waals surface area contributed by atoms with Gasteiger partial charge < -0.3 is 9.30 Å². The van der Waals surface area contributed by atoms with E-state index in [1.54, 1.807) is 46.6 Å². The summed E-state index contributed by atoms with van der Waals surface area (Å²) in [6, 6.07) is 9.99. The van der Waals surface area contributed by atoms with Gasteiger partial charge in [-0.1, -0.05) is 0 Å². The molecule has 0 aliphatic heterocycles. The van der Waals surface area contributed by atoms with Crippen molar-refractivity contribution in [1.29, 1.82) is 5.26 Å². The van der Waals surface area contributed by atoms with E-state index in [1.165, 1.54) is 0 Å². The maximum atomic E-state index is 12.9. The molecule has 0 aliphatic carbocycles. The largest absolute Gasteiger partial charge is 0.489 e. The molecular weight excluding hydrogens is 494 g/mol. The summed E-state index contributed by atoms with van der Waals surface area (Å²) in [5.74, 6) is 1.23. The first-order valence-electron chi connectivity index (χ1n) is 12.5. The third kappa shape index (κ3) is 3.72. The molecule has 0 spiro atoms. The van der Waals surface area contributed by atoms with Gasteiger partial charge in [-0.2, -0.15) is 10.4 Å². The number of rotatable bonds is 5. The number of hydrogen-bond acceptors (Lipinski definition) is 6. The molecule has 2 aromatic carbocycles. The summed E-state index contributed by atoms with van der Waals surface area (Å²) >= 11 is 0. The second kappa shape index (κ2) is 8.73. The molecule has 4 aromatic heterocycles. The van der Waals surface area contributed by atoms with Gasteiger partial charge in [0, 0.05) is 51.6 Å². The lowest BCUT2D eigenvalue weighted by atomic mass is 10.0. The van der Waals surface area contributed by atoms with Crippen molar-refractivity contribution in [1.82, 2.24) is 38.0 Å². The van der Waals surface area contributed by atoms with Crippen LogP contribution in [0.1, 0.15) is 19.4 Å². The van der Waals surface area contributed by atoms with Crippen LogP contribution in [-0.2, 0) is 28.2 Å². The summed E-state index contributed by atoms with van der Waals surface area (Å²) in [7, 11) is 7.23. The first kappa shape index (κ1) is 24.2. The Morgan fingerprint density at radius 3 is 2.44 bits per heavy atom. The third-order valence-electron chi connectivity index (χ3n) is 6.91. The van der Waals surface area contributed by atoms with Crippen molar-refractivity contribution in [3.8, 4) is 40.2 Å². The number of benzene rings is 2. The van der Waals surface area contributed by atoms with Gasteiger partial charge in [0.1, 0.15) is 17.0 Å². The lowest BCUT2D eigenvalue weighted by molar-refractivity contribution is 0.244. The molecule has 11 nitrogen and oxygen atoms in total. The second-order valence-electron chi connectivity index (χ2n) is 9.94. The molecule has 0 atom stereocenters. The molecule has 0 saturated heterocycles. The lowest BCUT2D eigenvalue weighted by Crippen LogP contribution is -2.19. The van der Waals surface area contributed by atoms with Crippen molar-refractivity contribution >= 4 is 22.1 Å². The molecule has 0 saturated carbocycles. The zero-order chi connectivity index (χ0) is 27.6. The maximum absolute atomic E-state index is 12.9. The fraction of sp³-hybridized carbons (Fsp3) is 0.250. The number of ether oxygens (including phenoxy) is 1. The van der Waals surface area contributed by atoms with Crippen LogP contribution in [0.15, 0.2) is 54.0 Å². The van der Waals surface area contributed by atoms with Gasteiger partial charge in [0.2, 0.25) is 0 Å². The summed E-state index contributed by atoms with van der Waals surface area (Å²) in [5, 5.41) is 14.4. The fourth-order valence-corrected chi connectivity index (χ4v) is 5.09. The Morgan fingerprint density at radius 2 is 1.79 bits per heavy atom. The monoisotopic (exact) mass is 521 g/mol. The normalized spacial score (nSPS) is 11.6. The quantitative estimate of drug-likeness (QED) is 0.342. The van der Waals surface area contributed by atoms with E-state index in [2.05, 4.69) is 16.2 Å². The standard InChI is InChI=1S/C28H27N9O2/c1-16(2)39-25-9-19(8-23-26(25)36(6)28(38)35(23)5)37-22-7-17(11-29)20(18-12-31-34(4)14-18)10-21(22)32-27(37)24-13-30-15-33(24)3/h7-10,12-16H,1-6H3. The average molecular weight is 522 g/mol. The van der Waals surface area contributed by atoms with Crippen molar-refractivity contribution in [2.24, 2.45) is 28.2 Å². The van der Waals surface area contributed by atoms with Gasteiger partial charge in [0.15, 0.2) is 5.82 Å². The van der Waals surface area contributed by atoms with Gasteiger partial charge in [0.05, 0.1) is 58.7 Å². The summed E-state index contributed by atoms with van der Waals surface area (Å²) in [5.41, 5.74) is 6.36.